The highest BCUT2D eigenvalue weighted by Gasteiger charge is 2.26. The SMILES string of the molecule is C#CCNC(=O)CN(Cc1cccc(OC)c1)C1CCC(O)CC1. The number of rotatable bonds is 7. The van der Waals surface area contributed by atoms with Crippen molar-refractivity contribution in [2.45, 2.75) is 44.4 Å². The number of methoxy groups -OCH3 is 1. The average molecular weight is 330 g/mol. The third-order valence-electron chi connectivity index (χ3n) is 4.44. The zero-order chi connectivity index (χ0) is 17.4. The fourth-order valence-electron chi connectivity index (χ4n) is 3.13. The maximum atomic E-state index is 12.1. The molecule has 24 heavy (non-hydrogen) atoms. The molecule has 0 aliphatic heterocycles. The molecule has 5 nitrogen and oxygen atoms in total. The molecule has 0 atom stereocenters. The van der Waals surface area contributed by atoms with E-state index in [1.54, 1.807) is 7.11 Å². The van der Waals surface area contributed by atoms with E-state index in [2.05, 4.69) is 16.1 Å². The first kappa shape index (κ1) is 18.3. The summed E-state index contributed by atoms with van der Waals surface area (Å²) >= 11 is 0. The van der Waals surface area contributed by atoms with Crippen molar-refractivity contribution in [3.63, 3.8) is 0 Å². The van der Waals surface area contributed by atoms with E-state index in [1.165, 1.54) is 0 Å². The number of hydrogen-bond acceptors (Lipinski definition) is 4. The summed E-state index contributed by atoms with van der Waals surface area (Å²) in [6.45, 7) is 1.22. The van der Waals surface area contributed by atoms with Gasteiger partial charge < -0.3 is 15.2 Å². The first-order valence-corrected chi connectivity index (χ1v) is 8.37. The van der Waals surface area contributed by atoms with E-state index in [0.29, 0.717) is 13.1 Å². The van der Waals surface area contributed by atoms with Gasteiger partial charge in [-0.15, -0.1) is 6.42 Å². The molecule has 0 radical (unpaired) electrons. The summed E-state index contributed by atoms with van der Waals surface area (Å²) in [7, 11) is 1.65. The minimum absolute atomic E-state index is 0.0676. The number of aliphatic hydroxyl groups excluding tert-OH is 1. The fourth-order valence-corrected chi connectivity index (χ4v) is 3.13. The summed E-state index contributed by atoms with van der Waals surface area (Å²) in [6, 6.07) is 8.17. The van der Waals surface area contributed by atoms with E-state index in [4.69, 9.17) is 11.2 Å². The van der Waals surface area contributed by atoms with Crippen LogP contribution in [0.25, 0.3) is 0 Å². The minimum Gasteiger partial charge on any atom is -0.497 e. The largest absolute Gasteiger partial charge is 0.497 e. The van der Waals surface area contributed by atoms with Crippen molar-refractivity contribution in [1.82, 2.24) is 10.2 Å². The van der Waals surface area contributed by atoms with Crippen molar-refractivity contribution in [3.8, 4) is 18.1 Å². The Bertz CT molecular complexity index is 574. The molecule has 1 aromatic rings. The van der Waals surface area contributed by atoms with Crippen molar-refractivity contribution >= 4 is 5.91 Å². The molecule has 0 unspecified atom stereocenters. The van der Waals surface area contributed by atoms with E-state index in [0.717, 1.165) is 37.0 Å². The summed E-state index contributed by atoms with van der Waals surface area (Å²) in [6.07, 6.45) is 8.35. The van der Waals surface area contributed by atoms with Crippen molar-refractivity contribution in [2.24, 2.45) is 0 Å². The molecule has 1 aliphatic rings. The van der Waals surface area contributed by atoms with Crippen LogP contribution in [-0.2, 0) is 11.3 Å². The lowest BCUT2D eigenvalue weighted by atomic mass is 9.91. The molecule has 0 saturated heterocycles. The van der Waals surface area contributed by atoms with E-state index in [9.17, 15) is 9.90 Å². The Hall–Kier alpha value is -2.03. The third-order valence-corrected chi connectivity index (χ3v) is 4.44. The second kappa shape index (κ2) is 9.31. The number of nitrogens with one attached hydrogen (secondary N) is 1. The predicted octanol–water partition coefficient (Wildman–Crippen LogP) is 1.55. The molecule has 1 saturated carbocycles. The predicted molar refractivity (Wildman–Crippen MR) is 93.5 cm³/mol. The van der Waals surface area contributed by atoms with Crippen molar-refractivity contribution in [1.29, 1.82) is 0 Å². The third kappa shape index (κ3) is 5.55. The van der Waals surface area contributed by atoms with Gasteiger partial charge in [-0.25, -0.2) is 0 Å². The average Bonchev–Trinajstić information content (AvgIpc) is 2.60. The maximum Gasteiger partial charge on any atom is 0.234 e. The van der Waals surface area contributed by atoms with Gasteiger partial charge in [0.2, 0.25) is 5.91 Å². The highest BCUT2D eigenvalue weighted by atomic mass is 16.5. The number of terminal acetylenes is 1. The summed E-state index contributed by atoms with van der Waals surface area (Å²) in [5, 5.41) is 12.5. The summed E-state index contributed by atoms with van der Waals surface area (Å²) in [5.41, 5.74) is 1.10. The number of aliphatic hydroxyl groups is 1. The first-order chi connectivity index (χ1) is 11.6. The van der Waals surface area contributed by atoms with Gasteiger partial charge in [0, 0.05) is 12.6 Å². The van der Waals surface area contributed by atoms with Gasteiger partial charge in [-0.1, -0.05) is 18.1 Å². The van der Waals surface area contributed by atoms with Crippen LogP contribution in [0.5, 0.6) is 5.75 Å². The lowest BCUT2D eigenvalue weighted by molar-refractivity contribution is -0.123. The highest BCUT2D eigenvalue weighted by molar-refractivity contribution is 5.78. The van der Waals surface area contributed by atoms with Crippen LogP contribution >= 0.6 is 0 Å². The van der Waals surface area contributed by atoms with E-state index in [-0.39, 0.29) is 24.6 Å². The first-order valence-electron chi connectivity index (χ1n) is 8.37. The van der Waals surface area contributed by atoms with Gasteiger partial charge in [0.15, 0.2) is 0 Å². The zero-order valence-corrected chi connectivity index (χ0v) is 14.2. The molecule has 1 amide bonds. The van der Waals surface area contributed by atoms with E-state index >= 15 is 0 Å². The minimum atomic E-state index is -0.213. The molecule has 0 bridgehead atoms. The molecular weight excluding hydrogens is 304 g/mol. The second-order valence-corrected chi connectivity index (χ2v) is 6.20. The molecular formula is C19H26N2O3. The molecule has 0 spiro atoms. The zero-order valence-electron chi connectivity index (χ0n) is 14.2. The van der Waals surface area contributed by atoms with Crippen LogP contribution < -0.4 is 10.1 Å². The van der Waals surface area contributed by atoms with Gasteiger partial charge in [0.25, 0.3) is 0 Å². The number of carbonyl (C=O) groups is 1. The van der Waals surface area contributed by atoms with Gasteiger partial charge in [-0.05, 0) is 43.4 Å². The van der Waals surface area contributed by atoms with Crippen LogP contribution in [0.4, 0.5) is 0 Å². The Morgan fingerprint density at radius 1 is 1.42 bits per heavy atom. The standard InChI is InChI=1S/C19H26N2O3/c1-3-11-20-19(23)14-21(16-7-9-17(22)10-8-16)13-15-5-4-6-18(12-15)24-2/h1,4-6,12,16-17,22H,7-11,13-14H2,2H3,(H,20,23). The molecule has 2 N–H and O–H groups in total. The molecule has 0 heterocycles. The lowest BCUT2D eigenvalue weighted by Gasteiger charge is -2.35. The van der Waals surface area contributed by atoms with Gasteiger partial charge in [-0.2, -0.15) is 0 Å². The maximum absolute atomic E-state index is 12.1. The smallest absolute Gasteiger partial charge is 0.234 e. The molecule has 130 valence electrons. The summed E-state index contributed by atoms with van der Waals surface area (Å²) in [5.74, 6) is 3.16. The lowest BCUT2D eigenvalue weighted by Crippen LogP contribution is -2.44. The van der Waals surface area contributed by atoms with Crippen molar-refractivity contribution < 1.29 is 14.6 Å². The molecule has 1 aliphatic carbocycles. The Labute approximate surface area is 144 Å². The molecule has 1 fully saturated rings. The Morgan fingerprint density at radius 3 is 2.83 bits per heavy atom. The number of benzene rings is 1. The van der Waals surface area contributed by atoms with Gasteiger partial charge >= 0.3 is 0 Å². The highest BCUT2D eigenvalue weighted by Crippen LogP contribution is 2.25. The van der Waals surface area contributed by atoms with Crippen LogP contribution in [0.1, 0.15) is 31.2 Å². The van der Waals surface area contributed by atoms with E-state index < -0.39 is 0 Å². The number of nitrogens with zero attached hydrogens (tertiary/aromatic N) is 1. The number of ether oxygens (including phenoxy) is 1. The molecule has 1 aromatic carbocycles. The Balaban J connectivity index is 2.06. The summed E-state index contributed by atoms with van der Waals surface area (Å²) in [4.78, 5) is 14.3. The molecule has 5 heteroatoms. The molecule has 2 rings (SSSR count). The van der Waals surface area contributed by atoms with Gasteiger partial charge in [-0.3, -0.25) is 9.69 Å². The van der Waals surface area contributed by atoms with Crippen molar-refractivity contribution in [2.75, 3.05) is 20.2 Å². The van der Waals surface area contributed by atoms with Gasteiger partial charge in [0.05, 0.1) is 26.3 Å². The van der Waals surface area contributed by atoms with Crippen molar-refractivity contribution in [3.05, 3.63) is 29.8 Å². The van der Waals surface area contributed by atoms with E-state index in [1.807, 2.05) is 24.3 Å². The topological polar surface area (TPSA) is 61.8 Å². The van der Waals surface area contributed by atoms with Crippen LogP contribution in [0.15, 0.2) is 24.3 Å². The Kier molecular flexibility index (Phi) is 7.10. The van der Waals surface area contributed by atoms with Crippen LogP contribution in [0.3, 0.4) is 0 Å². The number of hydrogen-bond donors (Lipinski definition) is 2. The summed E-state index contributed by atoms with van der Waals surface area (Å²) < 4.78 is 5.28. The van der Waals surface area contributed by atoms with Gasteiger partial charge in [0.1, 0.15) is 5.75 Å². The monoisotopic (exact) mass is 330 g/mol. The number of carbonyl (C=O) groups excluding carboxylic acids is 1. The normalized spacial score (nSPS) is 20.4. The van der Waals surface area contributed by atoms with Crippen LogP contribution in [0, 0.1) is 12.3 Å². The number of amides is 1. The molecule has 0 aromatic heterocycles. The Morgan fingerprint density at radius 2 is 2.17 bits per heavy atom. The van der Waals surface area contributed by atoms with Crippen LogP contribution in [-0.4, -0.2) is 48.3 Å². The van der Waals surface area contributed by atoms with Crippen LogP contribution in [0.2, 0.25) is 0 Å². The fraction of sp³-hybridized carbons (Fsp3) is 0.526. The second-order valence-electron chi connectivity index (χ2n) is 6.20. The quantitative estimate of drug-likeness (QED) is 0.745.